The first kappa shape index (κ1) is 20.4. The minimum absolute atomic E-state index is 0.367. The zero-order valence-electron chi connectivity index (χ0n) is 18.0. The highest BCUT2D eigenvalue weighted by Gasteiger charge is 2.55. The monoisotopic (exact) mass is 440 g/mol. The smallest absolute Gasteiger partial charge is 0.326 e. The number of methoxy groups -OCH3 is 1. The second-order valence-electron chi connectivity index (χ2n) is 8.95. The first-order valence-electron chi connectivity index (χ1n) is 11.0. The maximum Gasteiger partial charge on any atom is 0.326 e. The van der Waals surface area contributed by atoms with Crippen LogP contribution in [0.3, 0.4) is 0 Å². The van der Waals surface area contributed by atoms with Crippen LogP contribution in [-0.2, 0) is 26.8 Å². The third kappa shape index (κ3) is 3.39. The number of anilines is 1. The molecule has 3 aliphatic rings. The molecule has 1 heterocycles. The average Bonchev–Trinajstić information content (AvgIpc) is 3.67. The number of amides is 1. The molecular formula is C24H28N2O4S. The van der Waals surface area contributed by atoms with E-state index in [2.05, 4.69) is 10.8 Å². The summed E-state index contributed by atoms with van der Waals surface area (Å²) in [6, 6.07) is 11.5. The molecule has 7 heteroatoms. The van der Waals surface area contributed by atoms with Crippen LogP contribution in [0.25, 0.3) is 0 Å². The SMILES string of the molecule is COc1ccc(C2CC2)c(C)c1C1(C(=O)NS(=O)(=O)N2CCCc3ccccc32)CC1. The zero-order valence-corrected chi connectivity index (χ0v) is 18.8. The summed E-state index contributed by atoms with van der Waals surface area (Å²) in [7, 11) is -2.40. The molecule has 31 heavy (non-hydrogen) atoms. The van der Waals surface area contributed by atoms with Crippen molar-refractivity contribution in [3.05, 3.63) is 58.7 Å². The number of ether oxygens (including phenoxy) is 1. The highest BCUT2D eigenvalue weighted by atomic mass is 32.2. The Labute approximate surface area is 183 Å². The molecule has 0 saturated heterocycles. The van der Waals surface area contributed by atoms with Crippen LogP contribution < -0.4 is 13.8 Å². The molecule has 6 nitrogen and oxygen atoms in total. The summed E-state index contributed by atoms with van der Waals surface area (Å²) in [6.45, 7) is 2.40. The van der Waals surface area contributed by atoms with Gasteiger partial charge in [-0.15, -0.1) is 0 Å². The lowest BCUT2D eigenvalue weighted by Gasteiger charge is -2.31. The maximum absolute atomic E-state index is 13.4. The summed E-state index contributed by atoms with van der Waals surface area (Å²) in [6.07, 6.45) is 5.13. The number of benzene rings is 2. The van der Waals surface area contributed by atoms with E-state index in [4.69, 9.17) is 4.74 Å². The van der Waals surface area contributed by atoms with Gasteiger partial charge in [0.15, 0.2) is 0 Å². The number of rotatable bonds is 6. The Balaban J connectivity index is 1.47. The van der Waals surface area contributed by atoms with Crippen molar-refractivity contribution in [1.82, 2.24) is 4.72 Å². The third-order valence-corrected chi connectivity index (χ3v) is 8.35. The maximum atomic E-state index is 13.4. The number of aryl methyl sites for hydroxylation is 1. The molecule has 2 aromatic carbocycles. The van der Waals surface area contributed by atoms with E-state index in [1.165, 1.54) is 9.87 Å². The summed E-state index contributed by atoms with van der Waals surface area (Å²) in [4.78, 5) is 13.4. The van der Waals surface area contributed by atoms with Gasteiger partial charge in [0, 0.05) is 12.1 Å². The molecule has 1 aliphatic heterocycles. The summed E-state index contributed by atoms with van der Waals surface area (Å²) >= 11 is 0. The van der Waals surface area contributed by atoms with E-state index in [1.807, 2.05) is 31.2 Å². The van der Waals surface area contributed by atoms with Gasteiger partial charge in [0.05, 0.1) is 18.2 Å². The zero-order chi connectivity index (χ0) is 21.8. The minimum atomic E-state index is -4.00. The Morgan fingerprint density at radius 1 is 1.16 bits per heavy atom. The molecule has 0 unspecified atom stereocenters. The lowest BCUT2D eigenvalue weighted by molar-refractivity contribution is -0.121. The molecule has 0 bridgehead atoms. The van der Waals surface area contributed by atoms with Crippen molar-refractivity contribution in [3.63, 3.8) is 0 Å². The standard InChI is InChI=1S/C24H28N2O4S/c1-16-19(17-9-10-17)11-12-21(30-2)22(16)24(13-14-24)23(27)25-31(28,29)26-15-5-7-18-6-3-4-8-20(18)26/h3-4,6,8,11-12,17H,5,7,9-10,13-15H2,1-2H3,(H,25,27). The van der Waals surface area contributed by atoms with Gasteiger partial charge in [-0.25, -0.2) is 4.72 Å². The fourth-order valence-corrected chi connectivity index (χ4v) is 6.39. The van der Waals surface area contributed by atoms with Crippen molar-refractivity contribution in [2.75, 3.05) is 18.0 Å². The van der Waals surface area contributed by atoms with E-state index in [-0.39, 0.29) is 0 Å². The molecule has 164 valence electrons. The number of nitrogens with one attached hydrogen (secondary N) is 1. The second kappa shape index (κ2) is 7.26. The molecule has 2 fully saturated rings. The summed E-state index contributed by atoms with van der Waals surface area (Å²) < 4.78 is 35.9. The van der Waals surface area contributed by atoms with E-state index in [1.54, 1.807) is 13.2 Å². The Bertz CT molecular complexity index is 1150. The van der Waals surface area contributed by atoms with Gasteiger partial charge in [0.1, 0.15) is 5.75 Å². The van der Waals surface area contributed by atoms with Crippen molar-refractivity contribution in [1.29, 1.82) is 0 Å². The van der Waals surface area contributed by atoms with Crippen LogP contribution in [-0.4, -0.2) is 28.0 Å². The highest BCUT2D eigenvalue weighted by Crippen LogP contribution is 2.55. The van der Waals surface area contributed by atoms with Crippen molar-refractivity contribution >= 4 is 21.8 Å². The molecule has 5 rings (SSSR count). The fraction of sp³-hybridized carbons (Fsp3) is 0.458. The third-order valence-electron chi connectivity index (χ3n) is 6.95. The molecule has 1 N–H and O–H groups in total. The van der Waals surface area contributed by atoms with Crippen LogP contribution in [0.5, 0.6) is 5.75 Å². The van der Waals surface area contributed by atoms with E-state index < -0.39 is 21.5 Å². The Morgan fingerprint density at radius 2 is 1.90 bits per heavy atom. The average molecular weight is 441 g/mol. The molecule has 2 aromatic rings. The number of hydrogen-bond donors (Lipinski definition) is 1. The molecule has 1 amide bonds. The van der Waals surface area contributed by atoms with Gasteiger partial charge in [0.2, 0.25) is 5.91 Å². The first-order valence-corrected chi connectivity index (χ1v) is 12.4. The molecule has 2 saturated carbocycles. The molecule has 0 aromatic heterocycles. The Morgan fingerprint density at radius 3 is 2.58 bits per heavy atom. The predicted octanol–water partition coefficient (Wildman–Crippen LogP) is 3.73. The van der Waals surface area contributed by atoms with Gasteiger partial charge in [-0.1, -0.05) is 24.3 Å². The first-order chi connectivity index (χ1) is 14.9. The lowest BCUT2D eigenvalue weighted by Crippen LogP contribution is -2.48. The number of para-hydroxylation sites is 1. The summed E-state index contributed by atoms with van der Waals surface area (Å²) in [5.41, 5.74) is 3.97. The van der Waals surface area contributed by atoms with E-state index in [9.17, 15) is 13.2 Å². The van der Waals surface area contributed by atoms with Gasteiger partial charge in [-0.3, -0.25) is 9.10 Å². The topological polar surface area (TPSA) is 75.7 Å². The number of carbonyl (C=O) groups is 1. The fourth-order valence-electron chi connectivity index (χ4n) is 5.04. The van der Waals surface area contributed by atoms with Gasteiger partial charge < -0.3 is 4.74 Å². The van der Waals surface area contributed by atoms with Gasteiger partial charge in [0.25, 0.3) is 0 Å². The van der Waals surface area contributed by atoms with Crippen LogP contribution in [0.2, 0.25) is 0 Å². The number of nitrogens with zero attached hydrogens (tertiary/aromatic N) is 1. The quantitative estimate of drug-likeness (QED) is 0.743. The van der Waals surface area contributed by atoms with Crippen LogP contribution in [0.1, 0.15) is 60.3 Å². The molecule has 0 atom stereocenters. The second-order valence-corrected chi connectivity index (χ2v) is 10.5. The number of fused-ring (bicyclic) bond motifs is 1. The van der Waals surface area contributed by atoms with Crippen molar-refractivity contribution in [2.24, 2.45) is 0 Å². The molecule has 2 aliphatic carbocycles. The van der Waals surface area contributed by atoms with Crippen LogP contribution in [0.15, 0.2) is 36.4 Å². The van der Waals surface area contributed by atoms with Crippen molar-refractivity contribution in [3.8, 4) is 5.75 Å². The van der Waals surface area contributed by atoms with Crippen molar-refractivity contribution < 1.29 is 17.9 Å². The molecule has 0 spiro atoms. The summed E-state index contributed by atoms with van der Waals surface area (Å²) in [5, 5.41) is 0. The molecular weight excluding hydrogens is 412 g/mol. The van der Waals surface area contributed by atoms with Crippen LogP contribution in [0.4, 0.5) is 5.69 Å². The largest absolute Gasteiger partial charge is 0.496 e. The Kier molecular flexibility index (Phi) is 4.77. The predicted molar refractivity (Wildman–Crippen MR) is 120 cm³/mol. The lowest BCUT2D eigenvalue weighted by atomic mass is 9.86. The van der Waals surface area contributed by atoms with Gasteiger partial charge in [-0.2, -0.15) is 8.42 Å². The molecule has 0 radical (unpaired) electrons. The van der Waals surface area contributed by atoms with E-state index in [0.717, 1.165) is 42.4 Å². The minimum Gasteiger partial charge on any atom is -0.496 e. The highest BCUT2D eigenvalue weighted by molar-refractivity contribution is 7.91. The van der Waals surface area contributed by atoms with E-state index >= 15 is 0 Å². The normalized spacial score (nSPS) is 19.5. The summed E-state index contributed by atoms with van der Waals surface area (Å²) in [5.74, 6) is 0.747. The Hall–Kier alpha value is -2.54. The van der Waals surface area contributed by atoms with Gasteiger partial charge in [-0.05, 0) is 80.2 Å². The van der Waals surface area contributed by atoms with E-state index in [0.29, 0.717) is 36.7 Å². The number of hydrogen-bond acceptors (Lipinski definition) is 4. The van der Waals surface area contributed by atoms with Gasteiger partial charge >= 0.3 is 10.2 Å². The van der Waals surface area contributed by atoms with Crippen LogP contribution >= 0.6 is 0 Å². The number of carbonyl (C=O) groups excluding carboxylic acids is 1. The van der Waals surface area contributed by atoms with Crippen LogP contribution in [0, 0.1) is 6.92 Å². The van der Waals surface area contributed by atoms with Crippen molar-refractivity contribution in [2.45, 2.75) is 56.8 Å².